The first kappa shape index (κ1) is 10.6. The van der Waals surface area contributed by atoms with Gasteiger partial charge in [-0.2, -0.15) is 0 Å². The Balaban J connectivity index is 2.52. The molecule has 3 atom stereocenters. The topological polar surface area (TPSA) is 0 Å². The third-order valence-electron chi connectivity index (χ3n) is 3.53. The van der Waals surface area contributed by atoms with Gasteiger partial charge >= 0.3 is 0 Å². The highest BCUT2D eigenvalue weighted by Gasteiger charge is 2.26. The molecule has 0 N–H and O–H groups in total. The summed E-state index contributed by atoms with van der Waals surface area (Å²) in [6.45, 7) is 12.5. The Bertz CT molecular complexity index is 190. The Morgan fingerprint density at radius 3 is 2.69 bits per heavy atom. The molecule has 1 fully saturated rings. The highest BCUT2D eigenvalue weighted by Crippen LogP contribution is 2.38. The lowest BCUT2D eigenvalue weighted by molar-refractivity contribution is 0.214. The molecule has 0 nitrogen and oxygen atoms in total. The van der Waals surface area contributed by atoms with E-state index in [0.717, 1.165) is 17.8 Å². The van der Waals surface area contributed by atoms with Crippen molar-refractivity contribution in [2.24, 2.45) is 17.8 Å². The average Bonchev–Trinajstić information content (AvgIpc) is 2.08. The summed E-state index contributed by atoms with van der Waals surface area (Å²) in [6.07, 6.45) is 7.32. The lowest BCUT2D eigenvalue weighted by Crippen LogP contribution is -2.23. The van der Waals surface area contributed by atoms with Gasteiger partial charge in [-0.1, -0.05) is 25.2 Å². The van der Waals surface area contributed by atoms with Crippen LogP contribution in [0.15, 0.2) is 24.8 Å². The van der Waals surface area contributed by atoms with Crippen LogP contribution >= 0.6 is 0 Å². The Hall–Kier alpha value is -0.520. The molecule has 0 aromatic heterocycles. The smallest absolute Gasteiger partial charge is 0.0206 e. The van der Waals surface area contributed by atoms with Crippen LogP contribution in [0, 0.1) is 17.8 Å². The maximum atomic E-state index is 4.07. The molecule has 0 aromatic carbocycles. The molecule has 1 rings (SSSR count). The standard InChI is InChI=1S/C13H22/c1-5-6-13-9-12(10(2)3)8-7-11(13)4/h5,11-13H,1-2,6-9H2,3-4H3/t11?,12?,13-/m0/s1. The quantitative estimate of drug-likeness (QED) is 0.568. The van der Waals surface area contributed by atoms with Crippen molar-refractivity contribution in [1.82, 2.24) is 0 Å². The molecule has 74 valence electrons. The fourth-order valence-electron chi connectivity index (χ4n) is 2.41. The Morgan fingerprint density at radius 1 is 1.46 bits per heavy atom. The zero-order chi connectivity index (χ0) is 9.84. The van der Waals surface area contributed by atoms with E-state index < -0.39 is 0 Å². The summed E-state index contributed by atoms with van der Waals surface area (Å²) in [7, 11) is 0. The second-order valence-electron chi connectivity index (χ2n) is 4.62. The molecule has 0 heterocycles. The van der Waals surface area contributed by atoms with Crippen molar-refractivity contribution in [3.8, 4) is 0 Å². The highest BCUT2D eigenvalue weighted by molar-refractivity contribution is 4.99. The molecule has 0 heteroatoms. The Kier molecular flexibility index (Phi) is 3.77. The number of hydrogen-bond donors (Lipinski definition) is 0. The van der Waals surface area contributed by atoms with Crippen molar-refractivity contribution in [2.75, 3.05) is 0 Å². The van der Waals surface area contributed by atoms with Crippen LogP contribution in [-0.4, -0.2) is 0 Å². The predicted molar refractivity (Wildman–Crippen MR) is 59.6 cm³/mol. The first-order valence-corrected chi connectivity index (χ1v) is 5.41. The monoisotopic (exact) mass is 178 g/mol. The van der Waals surface area contributed by atoms with Gasteiger partial charge < -0.3 is 0 Å². The number of rotatable bonds is 3. The van der Waals surface area contributed by atoms with Crippen molar-refractivity contribution in [3.63, 3.8) is 0 Å². The molecule has 0 saturated heterocycles. The summed E-state index contributed by atoms with van der Waals surface area (Å²) in [5.74, 6) is 2.52. The Morgan fingerprint density at radius 2 is 2.15 bits per heavy atom. The van der Waals surface area contributed by atoms with Gasteiger partial charge in [0.25, 0.3) is 0 Å². The van der Waals surface area contributed by atoms with Gasteiger partial charge in [-0.15, -0.1) is 6.58 Å². The zero-order valence-electron chi connectivity index (χ0n) is 9.05. The Labute approximate surface area is 82.7 Å². The van der Waals surface area contributed by atoms with Crippen LogP contribution in [0.4, 0.5) is 0 Å². The van der Waals surface area contributed by atoms with Gasteiger partial charge in [0.15, 0.2) is 0 Å². The second kappa shape index (κ2) is 4.64. The summed E-state index contributed by atoms with van der Waals surface area (Å²) in [6, 6.07) is 0. The fourth-order valence-corrected chi connectivity index (χ4v) is 2.41. The van der Waals surface area contributed by atoms with Crippen LogP contribution in [0.2, 0.25) is 0 Å². The minimum Gasteiger partial charge on any atom is -0.103 e. The minimum atomic E-state index is 0.779. The van der Waals surface area contributed by atoms with Crippen LogP contribution in [0.1, 0.15) is 39.5 Å². The molecular formula is C13H22. The lowest BCUT2D eigenvalue weighted by atomic mass is 9.72. The van der Waals surface area contributed by atoms with E-state index in [-0.39, 0.29) is 0 Å². The van der Waals surface area contributed by atoms with E-state index in [2.05, 4.69) is 33.1 Å². The van der Waals surface area contributed by atoms with Gasteiger partial charge in [0.1, 0.15) is 0 Å². The lowest BCUT2D eigenvalue weighted by Gasteiger charge is -2.34. The largest absolute Gasteiger partial charge is 0.103 e. The first-order chi connectivity index (χ1) is 6.15. The number of hydrogen-bond acceptors (Lipinski definition) is 0. The van der Waals surface area contributed by atoms with Gasteiger partial charge in [0.2, 0.25) is 0 Å². The fraction of sp³-hybridized carbons (Fsp3) is 0.692. The summed E-state index contributed by atoms with van der Waals surface area (Å²) in [5.41, 5.74) is 1.38. The van der Waals surface area contributed by atoms with Crippen LogP contribution in [0.5, 0.6) is 0 Å². The van der Waals surface area contributed by atoms with Crippen molar-refractivity contribution in [3.05, 3.63) is 24.8 Å². The van der Waals surface area contributed by atoms with Crippen LogP contribution in [0.25, 0.3) is 0 Å². The van der Waals surface area contributed by atoms with Gasteiger partial charge in [-0.3, -0.25) is 0 Å². The summed E-state index contributed by atoms with van der Waals surface area (Å²) in [4.78, 5) is 0. The maximum Gasteiger partial charge on any atom is -0.0206 e. The molecule has 2 unspecified atom stereocenters. The number of allylic oxidation sites excluding steroid dienone is 2. The molecular weight excluding hydrogens is 156 g/mol. The SMILES string of the molecule is C=CC[C@H]1CC(C(=C)C)CCC1C. The molecule has 13 heavy (non-hydrogen) atoms. The summed E-state index contributed by atoms with van der Waals surface area (Å²) in [5, 5.41) is 0. The van der Waals surface area contributed by atoms with E-state index in [1.165, 1.54) is 31.3 Å². The molecule has 1 aliphatic rings. The third kappa shape index (κ3) is 2.72. The maximum absolute atomic E-state index is 4.07. The molecule has 1 aliphatic carbocycles. The molecule has 0 radical (unpaired) electrons. The van der Waals surface area contributed by atoms with Crippen molar-refractivity contribution < 1.29 is 0 Å². The molecule has 1 saturated carbocycles. The van der Waals surface area contributed by atoms with Gasteiger partial charge in [0, 0.05) is 0 Å². The minimum absolute atomic E-state index is 0.779. The predicted octanol–water partition coefficient (Wildman–Crippen LogP) is 4.19. The van der Waals surface area contributed by atoms with Crippen molar-refractivity contribution in [2.45, 2.75) is 39.5 Å². The highest BCUT2D eigenvalue weighted by atomic mass is 14.3. The van der Waals surface area contributed by atoms with Crippen LogP contribution in [0.3, 0.4) is 0 Å². The molecule has 0 aliphatic heterocycles. The molecule has 0 bridgehead atoms. The first-order valence-electron chi connectivity index (χ1n) is 5.41. The van der Waals surface area contributed by atoms with Crippen molar-refractivity contribution in [1.29, 1.82) is 0 Å². The van der Waals surface area contributed by atoms with Crippen molar-refractivity contribution >= 4 is 0 Å². The van der Waals surface area contributed by atoms with E-state index in [9.17, 15) is 0 Å². The van der Waals surface area contributed by atoms with E-state index in [1.54, 1.807) is 0 Å². The van der Waals surface area contributed by atoms with Crippen LogP contribution in [-0.2, 0) is 0 Å². The van der Waals surface area contributed by atoms with E-state index in [4.69, 9.17) is 0 Å². The van der Waals surface area contributed by atoms with E-state index in [1.807, 2.05) is 0 Å². The second-order valence-corrected chi connectivity index (χ2v) is 4.62. The van der Waals surface area contributed by atoms with Gasteiger partial charge in [-0.05, 0) is 50.4 Å². The summed E-state index contributed by atoms with van der Waals surface area (Å²) >= 11 is 0. The van der Waals surface area contributed by atoms with E-state index >= 15 is 0 Å². The van der Waals surface area contributed by atoms with Gasteiger partial charge in [-0.25, -0.2) is 0 Å². The zero-order valence-corrected chi connectivity index (χ0v) is 9.05. The molecule has 0 spiro atoms. The molecule has 0 amide bonds. The molecule has 0 aromatic rings. The van der Waals surface area contributed by atoms with Crippen LogP contribution < -0.4 is 0 Å². The summed E-state index contributed by atoms with van der Waals surface area (Å²) < 4.78 is 0. The third-order valence-corrected chi connectivity index (χ3v) is 3.53. The van der Waals surface area contributed by atoms with E-state index in [0.29, 0.717) is 0 Å². The average molecular weight is 178 g/mol. The normalized spacial score (nSPS) is 34.2. The van der Waals surface area contributed by atoms with Gasteiger partial charge in [0.05, 0.1) is 0 Å².